The van der Waals surface area contributed by atoms with E-state index in [0.717, 1.165) is 31.1 Å². The predicted molar refractivity (Wildman–Crippen MR) is 87.6 cm³/mol. The summed E-state index contributed by atoms with van der Waals surface area (Å²) in [6, 6.07) is 5.04. The quantitative estimate of drug-likeness (QED) is 0.858. The van der Waals surface area contributed by atoms with E-state index in [2.05, 4.69) is 10.0 Å². The molecule has 0 radical (unpaired) electrons. The minimum absolute atomic E-state index is 0.0957. The first-order chi connectivity index (χ1) is 10.3. The van der Waals surface area contributed by atoms with Crippen LogP contribution >= 0.6 is 11.6 Å². The lowest BCUT2D eigenvalue weighted by atomic mass is 10.0. The summed E-state index contributed by atoms with van der Waals surface area (Å²) >= 11 is 5.89. The van der Waals surface area contributed by atoms with Crippen molar-refractivity contribution in [2.75, 3.05) is 12.8 Å². The second-order valence-corrected chi connectivity index (χ2v) is 8.07. The van der Waals surface area contributed by atoms with Gasteiger partial charge in [0.15, 0.2) is 0 Å². The largest absolute Gasteiger partial charge is 0.352 e. The van der Waals surface area contributed by atoms with Gasteiger partial charge in [-0.3, -0.25) is 4.79 Å². The summed E-state index contributed by atoms with van der Waals surface area (Å²) in [4.78, 5) is 12.2. The third kappa shape index (κ3) is 4.69. The van der Waals surface area contributed by atoms with Gasteiger partial charge in [-0.1, -0.05) is 18.0 Å². The molecule has 0 aromatic heterocycles. The van der Waals surface area contributed by atoms with E-state index < -0.39 is 10.0 Å². The number of hydrogen-bond acceptors (Lipinski definition) is 3. The minimum atomic E-state index is -3.22. The summed E-state index contributed by atoms with van der Waals surface area (Å²) in [7, 11) is -3.22. The van der Waals surface area contributed by atoms with Crippen molar-refractivity contribution in [3.05, 3.63) is 34.3 Å². The van der Waals surface area contributed by atoms with Gasteiger partial charge >= 0.3 is 0 Å². The highest BCUT2D eigenvalue weighted by molar-refractivity contribution is 7.88. The third-order valence-corrected chi connectivity index (χ3v) is 4.95. The van der Waals surface area contributed by atoms with Crippen molar-refractivity contribution in [2.45, 2.75) is 32.2 Å². The van der Waals surface area contributed by atoms with Crippen molar-refractivity contribution in [3.63, 3.8) is 0 Å². The van der Waals surface area contributed by atoms with E-state index in [-0.39, 0.29) is 17.9 Å². The summed E-state index contributed by atoms with van der Waals surface area (Å²) in [6.45, 7) is 2.30. The molecule has 0 heterocycles. The highest BCUT2D eigenvalue weighted by Gasteiger charge is 2.29. The standard InChI is InChI=1S/C15H21ClN2O3S/c1-10-8-12(16)6-7-13(10)15(19)17-9-11-4-3-5-14(11)18-22(2,20)21/h6-8,11,14,18H,3-5,9H2,1-2H3,(H,17,19). The Bertz CT molecular complexity index is 661. The Labute approximate surface area is 136 Å². The van der Waals surface area contributed by atoms with Crippen molar-refractivity contribution >= 4 is 27.5 Å². The third-order valence-electron chi connectivity index (χ3n) is 3.98. The Morgan fingerprint density at radius 2 is 2.09 bits per heavy atom. The fourth-order valence-electron chi connectivity index (χ4n) is 2.91. The van der Waals surface area contributed by atoms with E-state index in [1.54, 1.807) is 18.2 Å². The van der Waals surface area contributed by atoms with Crippen LogP contribution in [0.5, 0.6) is 0 Å². The molecule has 1 aromatic carbocycles. The molecule has 0 bridgehead atoms. The molecule has 0 spiro atoms. The lowest BCUT2D eigenvalue weighted by molar-refractivity contribution is 0.0945. The number of halogens is 1. The molecule has 0 saturated heterocycles. The van der Waals surface area contributed by atoms with Gasteiger partial charge in [-0.2, -0.15) is 0 Å². The van der Waals surface area contributed by atoms with E-state index in [0.29, 0.717) is 17.1 Å². The maximum absolute atomic E-state index is 12.2. The Morgan fingerprint density at radius 1 is 1.36 bits per heavy atom. The number of carbonyl (C=O) groups is 1. The van der Waals surface area contributed by atoms with Gasteiger partial charge in [-0.15, -0.1) is 0 Å². The van der Waals surface area contributed by atoms with Crippen molar-refractivity contribution in [1.82, 2.24) is 10.0 Å². The lowest BCUT2D eigenvalue weighted by Gasteiger charge is -2.20. The van der Waals surface area contributed by atoms with E-state index >= 15 is 0 Å². The summed E-state index contributed by atoms with van der Waals surface area (Å²) in [5, 5.41) is 3.50. The molecular weight excluding hydrogens is 324 g/mol. The number of amides is 1. The molecule has 22 heavy (non-hydrogen) atoms. The van der Waals surface area contributed by atoms with Gasteiger partial charge in [0.05, 0.1) is 6.26 Å². The lowest BCUT2D eigenvalue weighted by Crippen LogP contribution is -2.41. The zero-order chi connectivity index (χ0) is 16.3. The van der Waals surface area contributed by atoms with Crippen LogP contribution in [0, 0.1) is 12.8 Å². The molecule has 1 saturated carbocycles. The topological polar surface area (TPSA) is 75.3 Å². The first kappa shape index (κ1) is 17.2. The molecule has 7 heteroatoms. The zero-order valence-electron chi connectivity index (χ0n) is 12.7. The van der Waals surface area contributed by atoms with Crippen LogP contribution in [0.3, 0.4) is 0 Å². The second-order valence-electron chi connectivity index (χ2n) is 5.86. The SMILES string of the molecule is Cc1cc(Cl)ccc1C(=O)NCC1CCCC1NS(C)(=O)=O. The van der Waals surface area contributed by atoms with Gasteiger partial charge in [-0.25, -0.2) is 13.1 Å². The number of hydrogen-bond donors (Lipinski definition) is 2. The van der Waals surface area contributed by atoms with Gasteiger partial charge < -0.3 is 5.32 Å². The van der Waals surface area contributed by atoms with Gasteiger partial charge in [0, 0.05) is 23.2 Å². The predicted octanol–water partition coefficient (Wildman–Crippen LogP) is 2.10. The smallest absolute Gasteiger partial charge is 0.251 e. The second kappa shape index (κ2) is 6.98. The van der Waals surface area contributed by atoms with Crippen molar-refractivity contribution in [3.8, 4) is 0 Å². The first-order valence-corrected chi connectivity index (χ1v) is 9.55. The average molecular weight is 345 g/mol. The fourth-order valence-corrected chi connectivity index (χ4v) is 4.00. The van der Waals surface area contributed by atoms with Crippen molar-refractivity contribution in [2.24, 2.45) is 5.92 Å². The van der Waals surface area contributed by atoms with Crippen LogP contribution in [0.2, 0.25) is 5.02 Å². The molecule has 1 aliphatic rings. The Kier molecular flexibility index (Phi) is 5.47. The number of sulfonamides is 1. The van der Waals surface area contributed by atoms with Gasteiger partial charge in [0.2, 0.25) is 10.0 Å². The number of rotatable bonds is 5. The van der Waals surface area contributed by atoms with Gasteiger partial charge in [0.1, 0.15) is 0 Å². The number of nitrogens with one attached hydrogen (secondary N) is 2. The first-order valence-electron chi connectivity index (χ1n) is 7.28. The fraction of sp³-hybridized carbons (Fsp3) is 0.533. The van der Waals surface area contributed by atoms with E-state index in [4.69, 9.17) is 11.6 Å². The molecule has 2 N–H and O–H groups in total. The Morgan fingerprint density at radius 3 is 2.73 bits per heavy atom. The molecule has 2 rings (SSSR count). The molecular formula is C15H21ClN2O3S. The Balaban J connectivity index is 1.95. The van der Waals surface area contributed by atoms with Crippen LogP contribution in [-0.4, -0.2) is 33.2 Å². The zero-order valence-corrected chi connectivity index (χ0v) is 14.3. The molecule has 1 amide bonds. The molecule has 122 valence electrons. The number of aryl methyl sites for hydroxylation is 1. The monoisotopic (exact) mass is 344 g/mol. The van der Waals surface area contributed by atoms with E-state index in [1.165, 1.54) is 0 Å². The molecule has 2 unspecified atom stereocenters. The van der Waals surface area contributed by atoms with Crippen LogP contribution in [0.1, 0.15) is 35.2 Å². The summed E-state index contributed by atoms with van der Waals surface area (Å²) in [5.41, 5.74) is 1.41. The van der Waals surface area contributed by atoms with E-state index in [9.17, 15) is 13.2 Å². The van der Waals surface area contributed by atoms with Crippen LogP contribution in [-0.2, 0) is 10.0 Å². The van der Waals surface area contributed by atoms with Crippen LogP contribution in [0.15, 0.2) is 18.2 Å². The normalized spacial score (nSPS) is 21.8. The summed E-state index contributed by atoms with van der Waals surface area (Å²) < 4.78 is 25.4. The van der Waals surface area contributed by atoms with Crippen LogP contribution in [0.4, 0.5) is 0 Å². The number of benzene rings is 1. The Hall–Kier alpha value is -1.11. The highest BCUT2D eigenvalue weighted by Crippen LogP contribution is 2.25. The van der Waals surface area contributed by atoms with E-state index in [1.807, 2.05) is 6.92 Å². The average Bonchev–Trinajstić information content (AvgIpc) is 2.81. The number of carbonyl (C=O) groups excluding carboxylic acids is 1. The molecule has 0 aliphatic heterocycles. The highest BCUT2D eigenvalue weighted by atomic mass is 35.5. The molecule has 1 fully saturated rings. The van der Waals surface area contributed by atoms with Crippen molar-refractivity contribution in [1.29, 1.82) is 0 Å². The molecule has 5 nitrogen and oxygen atoms in total. The maximum atomic E-state index is 12.2. The van der Waals surface area contributed by atoms with Gasteiger partial charge in [-0.05, 0) is 49.4 Å². The molecule has 2 atom stereocenters. The molecule has 1 aromatic rings. The van der Waals surface area contributed by atoms with Crippen molar-refractivity contribution < 1.29 is 13.2 Å². The van der Waals surface area contributed by atoms with Crippen LogP contribution < -0.4 is 10.0 Å². The summed E-state index contributed by atoms with van der Waals surface area (Å²) in [6.07, 6.45) is 3.85. The minimum Gasteiger partial charge on any atom is -0.352 e. The maximum Gasteiger partial charge on any atom is 0.251 e. The summed E-state index contributed by atoms with van der Waals surface area (Å²) in [5.74, 6) is -0.0227. The molecule has 1 aliphatic carbocycles. The van der Waals surface area contributed by atoms with Crippen LogP contribution in [0.25, 0.3) is 0 Å². The van der Waals surface area contributed by atoms with Gasteiger partial charge in [0.25, 0.3) is 5.91 Å².